The lowest BCUT2D eigenvalue weighted by Gasteiger charge is -2.38. The first-order valence-electron chi connectivity index (χ1n) is 5.98. The van der Waals surface area contributed by atoms with Gasteiger partial charge in [0.1, 0.15) is 0 Å². The van der Waals surface area contributed by atoms with Crippen molar-refractivity contribution in [3.05, 3.63) is 27.7 Å². The highest BCUT2D eigenvalue weighted by Crippen LogP contribution is 2.40. The summed E-state index contributed by atoms with van der Waals surface area (Å²) in [4.78, 5) is 0. The summed E-state index contributed by atoms with van der Waals surface area (Å²) in [5.74, 6) is 0.774. The number of anilines is 1. The molecule has 0 saturated heterocycles. The Balaban J connectivity index is 1.98. The molecule has 2 aliphatic rings. The number of hydrogen-bond acceptors (Lipinski definition) is 1. The predicted octanol–water partition coefficient (Wildman–Crippen LogP) is 4.52. The molecule has 0 spiro atoms. The fourth-order valence-electron chi connectivity index (χ4n) is 3.06. The molecule has 1 saturated carbocycles. The van der Waals surface area contributed by atoms with Crippen LogP contribution in [0.2, 0.25) is 10.0 Å². The van der Waals surface area contributed by atoms with Crippen LogP contribution in [-0.2, 0) is 6.42 Å². The van der Waals surface area contributed by atoms with E-state index in [9.17, 15) is 0 Å². The molecule has 1 aliphatic carbocycles. The van der Waals surface area contributed by atoms with Gasteiger partial charge in [-0.15, -0.1) is 0 Å². The van der Waals surface area contributed by atoms with Crippen LogP contribution >= 0.6 is 23.2 Å². The maximum atomic E-state index is 6.23. The molecule has 1 N–H and O–H groups in total. The van der Waals surface area contributed by atoms with Gasteiger partial charge >= 0.3 is 0 Å². The molecule has 1 aromatic rings. The van der Waals surface area contributed by atoms with Gasteiger partial charge in [-0.1, -0.05) is 36.0 Å². The molecule has 1 fully saturated rings. The Morgan fingerprint density at radius 2 is 1.94 bits per heavy atom. The maximum absolute atomic E-state index is 6.23. The fraction of sp³-hybridized carbons (Fsp3) is 0.538. The van der Waals surface area contributed by atoms with Crippen molar-refractivity contribution in [2.24, 2.45) is 5.92 Å². The van der Waals surface area contributed by atoms with E-state index in [0.717, 1.165) is 28.1 Å². The van der Waals surface area contributed by atoms with Crippen LogP contribution in [0.1, 0.15) is 31.2 Å². The van der Waals surface area contributed by atoms with Crippen molar-refractivity contribution in [3.8, 4) is 0 Å². The Hall–Kier alpha value is -0.400. The smallest absolute Gasteiger partial charge is 0.0655 e. The fourth-order valence-corrected chi connectivity index (χ4v) is 3.65. The maximum Gasteiger partial charge on any atom is 0.0655 e. The first-order chi connectivity index (χ1) is 7.74. The van der Waals surface area contributed by atoms with Crippen molar-refractivity contribution < 1.29 is 0 Å². The van der Waals surface area contributed by atoms with Gasteiger partial charge in [0.2, 0.25) is 0 Å². The monoisotopic (exact) mass is 255 g/mol. The Morgan fingerprint density at radius 3 is 2.81 bits per heavy atom. The quantitative estimate of drug-likeness (QED) is 0.719. The van der Waals surface area contributed by atoms with Gasteiger partial charge < -0.3 is 5.32 Å². The third kappa shape index (κ3) is 1.80. The van der Waals surface area contributed by atoms with Crippen LogP contribution < -0.4 is 5.32 Å². The van der Waals surface area contributed by atoms with Crippen molar-refractivity contribution in [2.45, 2.75) is 38.1 Å². The largest absolute Gasteiger partial charge is 0.381 e. The van der Waals surface area contributed by atoms with Crippen LogP contribution in [0.4, 0.5) is 5.69 Å². The molecule has 0 bridgehead atoms. The number of hydrogen-bond donors (Lipinski definition) is 1. The summed E-state index contributed by atoms with van der Waals surface area (Å²) in [5, 5.41) is 5.12. The van der Waals surface area contributed by atoms with Crippen molar-refractivity contribution in [1.82, 2.24) is 0 Å². The Kier molecular flexibility index (Phi) is 2.76. The zero-order valence-electron chi connectivity index (χ0n) is 9.10. The van der Waals surface area contributed by atoms with Crippen LogP contribution in [0, 0.1) is 5.92 Å². The van der Waals surface area contributed by atoms with E-state index >= 15 is 0 Å². The summed E-state index contributed by atoms with van der Waals surface area (Å²) in [6.07, 6.45) is 6.46. The van der Waals surface area contributed by atoms with Gasteiger partial charge in [-0.3, -0.25) is 0 Å². The molecule has 0 aromatic heterocycles. The minimum absolute atomic E-state index is 0.625. The molecule has 3 heteroatoms. The van der Waals surface area contributed by atoms with E-state index in [1.807, 2.05) is 6.07 Å². The lowest BCUT2D eigenvalue weighted by atomic mass is 9.78. The number of nitrogens with one attached hydrogen (secondary N) is 1. The predicted molar refractivity (Wildman–Crippen MR) is 69.5 cm³/mol. The second-order valence-corrected chi connectivity index (χ2v) is 5.76. The number of fused-ring (bicyclic) bond motifs is 2. The van der Waals surface area contributed by atoms with Gasteiger partial charge in [-0.05, 0) is 42.9 Å². The SMILES string of the molecule is Clc1cc(Cl)c2c(c1)CC1CCCCC1N2. The Bertz CT molecular complexity index is 417. The van der Waals surface area contributed by atoms with E-state index in [0.29, 0.717) is 6.04 Å². The third-order valence-electron chi connectivity index (χ3n) is 3.86. The highest BCUT2D eigenvalue weighted by Gasteiger charge is 2.31. The highest BCUT2D eigenvalue weighted by molar-refractivity contribution is 6.36. The molecule has 2 atom stereocenters. The Morgan fingerprint density at radius 1 is 1.12 bits per heavy atom. The van der Waals surface area contributed by atoms with Crippen molar-refractivity contribution in [3.63, 3.8) is 0 Å². The summed E-state index contributed by atoms with van der Waals surface area (Å²) in [5.41, 5.74) is 2.41. The lowest BCUT2D eigenvalue weighted by molar-refractivity contribution is 0.315. The van der Waals surface area contributed by atoms with Gasteiger partial charge in [0, 0.05) is 11.1 Å². The summed E-state index contributed by atoms with van der Waals surface area (Å²) in [6.45, 7) is 0. The van der Waals surface area contributed by atoms with E-state index in [-0.39, 0.29) is 0 Å². The zero-order chi connectivity index (χ0) is 11.1. The van der Waals surface area contributed by atoms with Crippen LogP contribution in [0.3, 0.4) is 0 Å². The van der Waals surface area contributed by atoms with Crippen LogP contribution in [0.5, 0.6) is 0 Å². The molecular formula is C13H15Cl2N. The molecule has 2 unspecified atom stereocenters. The van der Waals surface area contributed by atoms with Crippen LogP contribution in [0.25, 0.3) is 0 Å². The molecule has 1 aromatic carbocycles. The van der Waals surface area contributed by atoms with E-state index < -0.39 is 0 Å². The normalized spacial score (nSPS) is 27.9. The number of halogens is 2. The Labute approximate surface area is 106 Å². The summed E-state index contributed by atoms with van der Waals surface area (Å²) in [7, 11) is 0. The second kappa shape index (κ2) is 4.12. The van der Waals surface area contributed by atoms with Gasteiger partial charge in [-0.25, -0.2) is 0 Å². The van der Waals surface area contributed by atoms with E-state index in [1.165, 1.54) is 31.2 Å². The van der Waals surface area contributed by atoms with Crippen LogP contribution in [0.15, 0.2) is 12.1 Å². The molecule has 16 heavy (non-hydrogen) atoms. The third-order valence-corrected chi connectivity index (χ3v) is 4.37. The minimum Gasteiger partial charge on any atom is -0.381 e. The standard InChI is InChI=1S/C13H15Cl2N/c14-10-6-9-5-8-3-1-2-4-12(8)16-13(9)11(15)7-10/h6-8,12,16H,1-5H2. The van der Waals surface area contributed by atoms with E-state index in [4.69, 9.17) is 23.2 Å². The molecule has 1 heterocycles. The van der Waals surface area contributed by atoms with E-state index in [1.54, 1.807) is 0 Å². The van der Waals surface area contributed by atoms with Crippen LogP contribution in [-0.4, -0.2) is 6.04 Å². The molecule has 3 rings (SSSR count). The zero-order valence-corrected chi connectivity index (χ0v) is 10.6. The average molecular weight is 256 g/mol. The van der Waals surface area contributed by atoms with Crippen molar-refractivity contribution in [2.75, 3.05) is 5.32 Å². The molecule has 0 amide bonds. The first kappa shape index (κ1) is 10.7. The topological polar surface area (TPSA) is 12.0 Å². The van der Waals surface area contributed by atoms with Gasteiger partial charge in [-0.2, -0.15) is 0 Å². The molecular weight excluding hydrogens is 241 g/mol. The van der Waals surface area contributed by atoms with E-state index in [2.05, 4.69) is 11.4 Å². The van der Waals surface area contributed by atoms with Crippen molar-refractivity contribution in [1.29, 1.82) is 0 Å². The second-order valence-electron chi connectivity index (χ2n) is 4.92. The minimum atomic E-state index is 0.625. The molecule has 1 nitrogen and oxygen atoms in total. The first-order valence-corrected chi connectivity index (χ1v) is 6.74. The van der Waals surface area contributed by atoms with Gasteiger partial charge in [0.15, 0.2) is 0 Å². The molecule has 86 valence electrons. The molecule has 1 aliphatic heterocycles. The number of rotatable bonds is 0. The number of benzene rings is 1. The molecule has 0 radical (unpaired) electrons. The summed E-state index contributed by atoms with van der Waals surface area (Å²) < 4.78 is 0. The van der Waals surface area contributed by atoms with Gasteiger partial charge in [0.25, 0.3) is 0 Å². The highest BCUT2D eigenvalue weighted by atomic mass is 35.5. The summed E-state index contributed by atoms with van der Waals surface area (Å²) >= 11 is 12.3. The van der Waals surface area contributed by atoms with Crippen molar-refractivity contribution >= 4 is 28.9 Å². The summed E-state index contributed by atoms with van der Waals surface area (Å²) in [6, 6.07) is 4.51. The van der Waals surface area contributed by atoms with Gasteiger partial charge in [0.05, 0.1) is 10.7 Å². The lowest BCUT2D eigenvalue weighted by Crippen LogP contribution is -2.37. The average Bonchev–Trinajstić information content (AvgIpc) is 2.27.